The summed E-state index contributed by atoms with van der Waals surface area (Å²) in [5.41, 5.74) is 2.29. The molecule has 2 aromatic heterocycles. The molecule has 0 spiro atoms. The second kappa shape index (κ2) is 4.49. The van der Waals surface area contributed by atoms with Crippen LogP contribution in [0.15, 0.2) is 18.7 Å². The van der Waals surface area contributed by atoms with Crippen molar-refractivity contribution in [2.75, 3.05) is 6.54 Å². The van der Waals surface area contributed by atoms with Crippen LogP contribution in [-0.2, 0) is 13.6 Å². The number of aryl methyl sites for hydroxylation is 2. The smallest absolute Gasteiger partial charge is 0.140 e. The first kappa shape index (κ1) is 10.9. The van der Waals surface area contributed by atoms with Crippen molar-refractivity contribution in [3.05, 3.63) is 30.0 Å². The molecule has 0 aromatic carbocycles. The van der Waals surface area contributed by atoms with Crippen LogP contribution in [0.1, 0.15) is 18.2 Å². The molecule has 0 aliphatic heterocycles. The standard InChI is InChI=1S/C11H17N5/c1-4-12-7-10-9(2)14-15(3)11(10)16-6-5-13-8-16/h5-6,8,12H,4,7H2,1-3H3. The highest BCUT2D eigenvalue weighted by Gasteiger charge is 2.13. The Morgan fingerprint density at radius 1 is 1.44 bits per heavy atom. The van der Waals surface area contributed by atoms with E-state index in [2.05, 4.69) is 22.3 Å². The van der Waals surface area contributed by atoms with Crippen LogP contribution in [0.25, 0.3) is 5.82 Å². The summed E-state index contributed by atoms with van der Waals surface area (Å²) < 4.78 is 3.89. The lowest BCUT2D eigenvalue weighted by molar-refractivity contribution is 0.704. The third kappa shape index (κ3) is 1.86. The van der Waals surface area contributed by atoms with E-state index >= 15 is 0 Å². The quantitative estimate of drug-likeness (QED) is 0.835. The summed E-state index contributed by atoms with van der Waals surface area (Å²) in [7, 11) is 1.96. The molecule has 0 bridgehead atoms. The Kier molecular flexibility index (Phi) is 3.05. The zero-order valence-electron chi connectivity index (χ0n) is 9.94. The van der Waals surface area contributed by atoms with Crippen molar-refractivity contribution in [2.24, 2.45) is 7.05 Å². The van der Waals surface area contributed by atoms with Crippen LogP contribution in [0.3, 0.4) is 0 Å². The normalized spacial score (nSPS) is 10.9. The van der Waals surface area contributed by atoms with E-state index < -0.39 is 0 Å². The average molecular weight is 219 g/mol. The maximum absolute atomic E-state index is 4.45. The third-order valence-electron chi connectivity index (χ3n) is 2.61. The molecule has 0 saturated heterocycles. The second-order valence-corrected chi connectivity index (χ2v) is 3.76. The molecule has 0 fully saturated rings. The highest BCUT2D eigenvalue weighted by Crippen LogP contribution is 2.17. The minimum absolute atomic E-state index is 0.837. The van der Waals surface area contributed by atoms with E-state index in [9.17, 15) is 0 Å². The van der Waals surface area contributed by atoms with Gasteiger partial charge in [-0.3, -0.25) is 9.25 Å². The fraction of sp³-hybridized carbons (Fsp3) is 0.455. The Hall–Kier alpha value is -1.62. The number of rotatable bonds is 4. The van der Waals surface area contributed by atoms with Gasteiger partial charge in [0.25, 0.3) is 0 Å². The van der Waals surface area contributed by atoms with E-state index in [0.717, 1.165) is 24.6 Å². The van der Waals surface area contributed by atoms with E-state index in [1.165, 1.54) is 5.56 Å². The van der Waals surface area contributed by atoms with Crippen molar-refractivity contribution in [3.8, 4) is 5.82 Å². The molecule has 0 amide bonds. The van der Waals surface area contributed by atoms with Gasteiger partial charge in [-0.05, 0) is 13.5 Å². The zero-order chi connectivity index (χ0) is 11.5. The Morgan fingerprint density at radius 3 is 2.88 bits per heavy atom. The topological polar surface area (TPSA) is 47.7 Å². The molecule has 0 radical (unpaired) electrons. The first-order valence-electron chi connectivity index (χ1n) is 5.45. The number of hydrogen-bond acceptors (Lipinski definition) is 3. The Bertz CT molecular complexity index is 455. The van der Waals surface area contributed by atoms with Crippen molar-refractivity contribution < 1.29 is 0 Å². The fourth-order valence-electron chi connectivity index (χ4n) is 1.85. The van der Waals surface area contributed by atoms with Gasteiger partial charge in [0.15, 0.2) is 0 Å². The molecule has 2 rings (SSSR count). The van der Waals surface area contributed by atoms with Crippen molar-refractivity contribution in [3.63, 3.8) is 0 Å². The number of hydrogen-bond donors (Lipinski definition) is 1. The summed E-state index contributed by atoms with van der Waals surface area (Å²) in [5.74, 6) is 1.08. The number of nitrogens with one attached hydrogen (secondary N) is 1. The van der Waals surface area contributed by atoms with Crippen molar-refractivity contribution in [1.82, 2.24) is 24.6 Å². The van der Waals surface area contributed by atoms with Gasteiger partial charge in [0.2, 0.25) is 0 Å². The average Bonchev–Trinajstić information content (AvgIpc) is 2.83. The molecule has 2 heterocycles. The molecule has 0 saturated carbocycles. The van der Waals surface area contributed by atoms with Crippen LogP contribution in [0.5, 0.6) is 0 Å². The maximum atomic E-state index is 4.45. The first-order chi connectivity index (χ1) is 7.74. The Balaban J connectivity index is 2.42. The molecular weight excluding hydrogens is 202 g/mol. The minimum atomic E-state index is 0.837. The summed E-state index contributed by atoms with van der Waals surface area (Å²) >= 11 is 0. The number of imidazole rings is 1. The van der Waals surface area contributed by atoms with Crippen LogP contribution >= 0.6 is 0 Å². The van der Waals surface area contributed by atoms with Crippen molar-refractivity contribution in [1.29, 1.82) is 0 Å². The Labute approximate surface area is 95.1 Å². The van der Waals surface area contributed by atoms with Crippen LogP contribution in [-0.4, -0.2) is 25.9 Å². The lowest BCUT2D eigenvalue weighted by atomic mass is 10.2. The predicted molar refractivity (Wildman–Crippen MR) is 62.4 cm³/mol. The predicted octanol–water partition coefficient (Wildman–Crippen LogP) is 1.02. The molecular formula is C11H17N5. The van der Waals surface area contributed by atoms with Gasteiger partial charge in [0, 0.05) is 31.5 Å². The molecule has 0 aliphatic rings. The summed E-state index contributed by atoms with van der Waals surface area (Å²) in [5, 5.41) is 7.78. The van der Waals surface area contributed by atoms with E-state index in [0.29, 0.717) is 0 Å². The van der Waals surface area contributed by atoms with Gasteiger partial charge in [-0.2, -0.15) is 5.10 Å². The van der Waals surface area contributed by atoms with Crippen LogP contribution in [0.4, 0.5) is 0 Å². The fourth-order valence-corrected chi connectivity index (χ4v) is 1.85. The van der Waals surface area contributed by atoms with Gasteiger partial charge in [-0.15, -0.1) is 0 Å². The molecule has 0 unspecified atom stereocenters. The largest absolute Gasteiger partial charge is 0.313 e. The summed E-state index contributed by atoms with van der Waals surface area (Å²) in [6, 6.07) is 0. The lowest BCUT2D eigenvalue weighted by Gasteiger charge is -2.07. The van der Waals surface area contributed by atoms with Gasteiger partial charge in [0.05, 0.1) is 5.69 Å². The monoisotopic (exact) mass is 219 g/mol. The summed E-state index contributed by atoms with van der Waals surface area (Å²) in [6.07, 6.45) is 5.51. The number of nitrogens with zero attached hydrogens (tertiary/aromatic N) is 4. The highest BCUT2D eigenvalue weighted by atomic mass is 15.3. The molecule has 0 atom stereocenters. The maximum Gasteiger partial charge on any atom is 0.140 e. The SMILES string of the molecule is CCNCc1c(C)nn(C)c1-n1ccnc1. The molecule has 0 aliphatic carbocycles. The van der Waals surface area contributed by atoms with E-state index in [4.69, 9.17) is 0 Å². The van der Waals surface area contributed by atoms with Gasteiger partial charge in [-0.1, -0.05) is 6.92 Å². The molecule has 86 valence electrons. The lowest BCUT2D eigenvalue weighted by Crippen LogP contribution is -2.14. The van der Waals surface area contributed by atoms with Gasteiger partial charge >= 0.3 is 0 Å². The minimum Gasteiger partial charge on any atom is -0.313 e. The van der Waals surface area contributed by atoms with Crippen LogP contribution in [0.2, 0.25) is 0 Å². The van der Waals surface area contributed by atoms with Crippen LogP contribution < -0.4 is 5.32 Å². The van der Waals surface area contributed by atoms with Crippen LogP contribution in [0, 0.1) is 6.92 Å². The van der Waals surface area contributed by atoms with Crippen molar-refractivity contribution in [2.45, 2.75) is 20.4 Å². The first-order valence-corrected chi connectivity index (χ1v) is 5.45. The summed E-state index contributed by atoms with van der Waals surface area (Å²) in [6.45, 7) is 5.93. The Morgan fingerprint density at radius 2 is 2.25 bits per heavy atom. The van der Waals surface area contributed by atoms with Gasteiger partial charge in [-0.25, -0.2) is 4.98 Å². The molecule has 1 N–H and O–H groups in total. The van der Waals surface area contributed by atoms with Crippen molar-refractivity contribution >= 4 is 0 Å². The third-order valence-corrected chi connectivity index (χ3v) is 2.61. The van der Waals surface area contributed by atoms with Gasteiger partial charge < -0.3 is 5.32 Å². The van der Waals surface area contributed by atoms with E-state index in [1.807, 2.05) is 29.4 Å². The number of aromatic nitrogens is 4. The van der Waals surface area contributed by atoms with E-state index in [1.54, 1.807) is 12.5 Å². The molecule has 5 nitrogen and oxygen atoms in total. The molecule has 5 heteroatoms. The molecule has 16 heavy (non-hydrogen) atoms. The zero-order valence-corrected chi connectivity index (χ0v) is 9.94. The molecule has 2 aromatic rings. The van der Waals surface area contributed by atoms with Gasteiger partial charge in [0.1, 0.15) is 12.1 Å². The second-order valence-electron chi connectivity index (χ2n) is 3.76. The summed E-state index contributed by atoms with van der Waals surface area (Å²) in [4.78, 5) is 4.07. The van der Waals surface area contributed by atoms with E-state index in [-0.39, 0.29) is 0 Å². The highest BCUT2D eigenvalue weighted by molar-refractivity contribution is 5.37.